The molecule has 0 aliphatic carbocycles. The first kappa shape index (κ1) is 20.8. The molecule has 0 radical (unpaired) electrons. The summed E-state index contributed by atoms with van der Waals surface area (Å²) >= 11 is 6.02. The Bertz CT molecular complexity index is 1010. The zero-order valence-electron chi connectivity index (χ0n) is 15.2. The van der Waals surface area contributed by atoms with Crippen LogP contribution in [0.15, 0.2) is 60.8 Å². The predicted octanol–water partition coefficient (Wildman–Crippen LogP) is 5.13. The molecule has 0 aliphatic rings. The van der Waals surface area contributed by atoms with E-state index in [9.17, 15) is 18.0 Å². The number of ether oxygens (including phenoxy) is 1. The van der Waals surface area contributed by atoms with E-state index >= 15 is 0 Å². The number of amides is 1. The summed E-state index contributed by atoms with van der Waals surface area (Å²) in [5.41, 5.74) is 0.560. The van der Waals surface area contributed by atoms with Gasteiger partial charge in [0.15, 0.2) is 0 Å². The maximum atomic E-state index is 12.9. The molecule has 1 aromatic heterocycles. The van der Waals surface area contributed by atoms with Crippen molar-refractivity contribution in [3.8, 4) is 11.3 Å². The normalized spacial score (nSPS) is 11.3. The van der Waals surface area contributed by atoms with Crippen molar-refractivity contribution in [3.05, 3.63) is 71.4 Å². The summed E-state index contributed by atoms with van der Waals surface area (Å²) in [5.74, 6) is -0.528. The minimum absolute atomic E-state index is 0.00397. The van der Waals surface area contributed by atoms with E-state index in [0.29, 0.717) is 16.3 Å². The average Bonchev–Trinajstić information content (AvgIpc) is 2.68. The molecule has 150 valence electrons. The second-order valence-electron chi connectivity index (χ2n) is 5.96. The highest BCUT2D eigenvalue weighted by molar-refractivity contribution is 6.30. The molecule has 0 spiro atoms. The third-order valence-corrected chi connectivity index (χ3v) is 4.17. The molecule has 3 rings (SSSR count). The minimum atomic E-state index is -4.48. The van der Waals surface area contributed by atoms with Gasteiger partial charge in [-0.2, -0.15) is 13.2 Å². The summed E-state index contributed by atoms with van der Waals surface area (Å²) in [6.45, 7) is -0.300. The van der Waals surface area contributed by atoms with Crippen molar-refractivity contribution < 1.29 is 22.7 Å². The predicted molar refractivity (Wildman–Crippen MR) is 103 cm³/mol. The standard InChI is InChI=1S/C20H15ClF3N3O2/c1-29-12-18(28)27(16-7-5-14(6-8-16)20(22,23)24)19-25-10-9-17(26-19)13-3-2-4-15(21)11-13/h2-11H,12H2,1H3. The molecule has 1 heterocycles. The third-order valence-electron chi connectivity index (χ3n) is 3.93. The van der Waals surface area contributed by atoms with Crippen LogP contribution >= 0.6 is 11.6 Å². The molecule has 0 saturated heterocycles. The van der Waals surface area contributed by atoms with Crippen molar-refractivity contribution >= 4 is 29.1 Å². The van der Waals surface area contributed by atoms with Crippen molar-refractivity contribution in [1.82, 2.24) is 9.97 Å². The first-order valence-corrected chi connectivity index (χ1v) is 8.75. The van der Waals surface area contributed by atoms with Gasteiger partial charge in [-0.05, 0) is 42.5 Å². The Balaban J connectivity index is 2.04. The number of halogens is 4. The lowest BCUT2D eigenvalue weighted by Gasteiger charge is -2.21. The molecule has 0 saturated carbocycles. The van der Waals surface area contributed by atoms with Gasteiger partial charge in [-0.25, -0.2) is 14.9 Å². The number of methoxy groups -OCH3 is 1. The number of nitrogens with zero attached hydrogens (tertiary/aromatic N) is 3. The van der Waals surface area contributed by atoms with E-state index in [0.717, 1.165) is 17.0 Å². The van der Waals surface area contributed by atoms with Gasteiger partial charge in [-0.1, -0.05) is 23.7 Å². The fraction of sp³-hybridized carbons (Fsp3) is 0.150. The average molecular weight is 422 g/mol. The van der Waals surface area contributed by atoms with Crippen molar-refractivity contribution in [2.45, 2.75) is 6.18 Å². The molecule has 0 aliphatic heterocycles. The van der Waals surface area contributed by atoms with Gasteiger partial charge in [0.1, 0.15) is 6.61 Å². The molecule has 3 aromatic rings. The van der Waals surface area contributed by atoms with Crippen LogP contribution in [0.25, 0.3) is 11.3 Å². The Morgan fingerprint density at radius 3 is 2.48 bits per heavy atom. The van der Waals surface area contributed by atoms with Crippen molar-refractivity contribution in [3.63, 3.8) is 0 Å². The van der Waals surface area contributed by atoms with Crippen LogP contribution in [0.2, 0.25) is 5.02 Å². The van der Waals surface area contributed by atoms with E-state index in [1.165, 1.54) is 25.4 Å². The van der Waals surface area contributed by atoms with Gasteiger partial charge in [-0.15, -0.1) is 0 Å². The molecule has 9 heteroatoms. The molecule has 0 atom stereocenters. The zero-order valence-corrected chi connectivity index (χ0v) is 15.9. The number of hydrogen-bond donors (Lipinski definition) is 0. The van der Waals surface area contributed by atoms with Gasteiger partial charge in [0.2, 0.25) is 5.95 Å². The van der Waals surface area contributed by atoms with Gasteiger partial charge < -0.3 is 4.74 Å². The largest absolute Gasteiger partial charge is 0.416 e. The van der Waals surface area contributed by atoms with Crippen LogP contribution in [-0.4, -0.2) is 29.6 Å². The van der Waals surface area contributed by atoms with Crippen LogP contribution in [0.3, 0.4) is 0 Å². The topological polar surface area (TPSA) is 55.3 Å². The van der Waals surface area contributed by atoms with E-state index in [2.05, 4.69) is 9.97 Å². The molecule has 0 N–H and O–H groups in total. The van der Waals surface area contributed by atoms with E-state index < -0.39 is 17.6 Å². The van der Waals surface area contributed by atoms with Crippen LogP contribution < -0.4 is 4.90 Å². The quantitative estimate of drug-likeness (QED) is 0.573. The molecule has 2 aromatic carbocycles. The summed E-state index contributed by atoms with van der Waals surface area (Å²) in [5, 5.41) is 0.512. The second kappa shape index (κ2) is 8.59. The Morgan fingerprint density at radius 2 is 1.86 bits per heavy atom. The summed E-state index contributed by atoms with van der Waals surface area (Å²) in [7, 11) is 1.34. The van der Waals surface area contributed by atoms with Crippen molar-refractivity contribution in [1.29, 1.82) is 0 Å². The van der Waals surface area contributed by atoms with Gasteiger partial charge >= 0.3 is 6.18 Å². The Hall–Kier alpha value is -2.97. The van der Waals surface area contributed by atoms with Crippen LogP contribution in [0, 0.1) is 0 Å². The van der Waals surface area contributed by atoms with Crippen LogP contribution in [0.5, 0.6) is 0 Å². The lowest BCUT2D eigenvalue weighted by atomic mass is 10.1. The van der Waals surface area contributed by atoms with Crippen LogP contribution in [0.4, 0.5) is 24.8 Å². The molecule has 29 heavy (non-hydrogen) atoms. The first-order valence-electron chi connectivity index (χ1n) is 8.38. The van der Waals surface area contributed by atoms with Crippen LogP contribution in [0.1, 0.15) is 5.56 Å². The Kier molecular flexibility index (Phi) is 6.14. The summed E-state index contributed by atoms with van der Waals surface area (Å²) in [4.78, 5) is 22.2. The fourth-order valence-corrected chi connectivity index (χ4v) is 2.81. The lowest BCUT2D eigenvalue weighted by Crippen LogP contribution is -2.31. The Morgan fingerprint density at radius 1 is 1.14 bits per heavy atom. The molecular formula is C20H15ClF3N3O2. The van der Waals surface area contributed by atoms with Crippen molar-refractivity contribution in [2.75, 3.05) is 18.6 Å². The molecule has 0 bridgehead atoms. The smallest absolute Gasteiger partial charge is 0.375 e. The number of alkyl halides is 3. The number of benzene rings is 2. The molecule has 1 amide bonds. The maximum Gasteiger partial charge on any atom is 0.416 e. The van der Waals surface area contributed by atoms with E-state index in [4.69, 9.17) is 16.3 Å². The second-order valence-corrected chi connectivity index (χ2v) is 6.40. The molecule has 5 nitrogen and oxygen atoms in total. The monoisotopic (exact) mass is 421 g/mol. The third kappa shape index (κ3) is 4.90. The molecule has 0 unspecified atom stereocenters. The number of rotatable bonds is 5. The van der Waals surface area contributed by atoms with E-state index in [1.54, 1.807) is 30.3 Å². The van der Waals surface area contributed by atoms with Gasteiger partial charge in [0.25, 0.3) is 5.91 Å². The lowest BCUT2D eigenvalue weighted by molar-refractivity contribution is -0.137. The van der Waals surface area contributed by atoms with Gasteiger partial charge in [-0.3, -0.25) is 4.79 Å². The fourth-order valence-electron chi connectivity index (χ4n) is 2.62. The highest BCUT2D eigenvalue weighted by Gasteiger charge is 2.31. The Labute approximate surface area is 169 Å². The highest BCUT2D eigenvalue weighted by atomic mass is 35.5. The van der Waals surface area contributed by atoms with Crippen LogP contribution in [-0.2, 0) is 15.7 Å². The van der Waals surface area contributed by atoms with Crippen molar-refractivity contribution in [2.24, 2.45) is 0 Å². The number of hydrogen-bond acceptors (Lipinski definition) is 4. The summed E-state index contributed by atoms with van der Waals surface area (Å²) < 4.78 is 43.5. The van der Waals surface area contributed by atoms with Gasteiger partial charge in [0.05, 0.1) is 16.9 Å². The molecular weight excluding hydrogens is 407 g/mol. The minimum Gasteiger partial charge on any atom is -0.375 e. The summed E-state index contributed by atoms with van der Waals surface area (Å²) in [6, 6.07) is 12.8. The number of carbonyl (C=O) groups is 1. The van der Waals surface area contributed by atoms with E-state index in [1.807, 2.05) is 0 Å². The summed E-state index contributed by atoms with van der Waals surface area (Å²) in [6.07, 6.45) is -3.03. The van der Waals surface area contributed by atoms with E-state index in [-0.39, 0.29) is 18.2 Å². The number of anilines is 2. The number of carbonyl (C=O) groups excluding carboxylic acids is 1. The maximum absolute atomic E-state index is 12.9. The SMILES string of the molecule is COCC(=O)N(c1ccc(C(F)(F)F)cc1)c1nccc(-c2cccc(Cl)c2)n1. The zero-order chi connectivity index (χ0) is 21.0. The highest BCUT2D eigenvalue weighted by Crippen LogP contribution is 2.32. The van der Waals surface area contributed by atoms with Gasteiger partial charge in [0, 0.05) is 23.9 Å². The first-order chi connectivity index (χ1) is 13.8. The molecule has 0 fully saturated rings. The number of aromatic nitrogens is 2.